The van der Waals surface area contributed by atoms with E-state index in [1.807, 2.05) is 11.6 Å². The Bertz CT molecular complexity index is 516. The largest absolute Gasteiger partial charge is 0.369 e. The fourth-order valence-corrected chi connectivity index (χ4v) is 1.30. The lowest BCUT2D eigenvalue weighted by atomic mass is 10.4. The first-order chi connectivity index (χ1) is 7.75. The van der Waals surface area contributed by atoms with E-state index in [9.17, 15) is 4.79 Å². The monoisotopic (exact) mass is 220 g/mol. The van der Waals surface area contributed by atoms with Crippen LogP contribution in [0.2, 0.25) is 0 Å². The molecule has 2 aromatic heterocycles. The van der Waals surface area contributed by atoms with Crippen LogP contribution in [0.25, 0.3) is 0 Å². The summed E-state index contributed by atoms with van der Waals surface area (Å²) in [5, 5.41) is 10.8. The summed E-state index contributed by atoms with van der Waals surface area (Å²) in [7, 11) is 1.89. The summed E-state index contributed by atoms with van der Waals surface area (Å²) in [5.41, 5.74) is -0.170. The predicted octanol–water partition coefficient (Wildman–Crippen LogP) is -0.447. The van der Waals surface area contributed by atoms with Crippen LogP contribution in [0.4, 0.5) is 5.82 Å². The zero-order valence-corrected chi connectivity index (χ0v) is 8.84. The fourth-order valence-electron chi connectivity index (χ4n) is 1.30. The van der Waals surface area contributed by atoms with E-state index >= 15 is 0 Å². The lowest BCUT2D eigenvalue weighted by Crippen LogP contribution is -2.12. The molecule has 0 atom stereocenters. The van der Waals surface area contributed by atoms with Gasteiger partial charge in [-0.15, -0.1) is 10.2 Å². The molecule has 2 rings (SSSR count). The highest BCUT2D eigenvalue weighted by Crippen LogP contribution is 1.97. The van der Waals surface area contributed by atoms with Crippen molar-refractivity contribution in [1.29, 1.82) is 0 Å². The summed E-state index contributed by atoms with van der Waals surface area (Å²) in [5.74, 6) is 1.45. The SMILES string of the molecule is Cn1cnnc1CCNc1cc(=O)[nH]cn1. The molecule has 0 aromatic carbocycles. The third-order valence-electron chi connectivity index (χ3n) is 2.14. The summed E-state index contributed by atoms with van der Waals surface area (Å²) >= 11 is 0. The Morgan fingerprint density at radius 1 is 1.56 bits per heavy atom. The van der Waals surface area contributed by atoms with Crippen LogP contribution in [-0.2, 0) is 13.5 Å². The first-order valence-corrected chi connectivity index (χ1v) is 4.87. The zero-order chi connectivity index (χ0) is 11.4. The van der Waals surface area contributed by atoms with Gasteiger partial charge in [0.25, 0.3) is 5.56 Å². The van der Waals surface area contributed by atoms with Crippen molar-refractivity contribution in [3.05, 3.63) is 34.9 Å². The van der Waals surface area contributed by atoms with Crippen LogP contribution in [0.3, 0.4) is 0 Å². The van der Waals surface area contributed by atoms with Gasteiger partial charge in [0.15, 0.2) is 0 Å². The van der Waals surface area contributed by atoms with Gasteiger partial charge in [-0.25, -0.2) is 4.98 Å². The van der Waals surface area contributed by atoms with Crippen molar-refractivity contribution in [2.45, 2.75) is 6.42 Å². The molecule has 0 aliphatic carbocycles. The lowest BCUT2D eigenvalue weighted by Gasteiger charge is -2.03. The highest BCUT2D eigenvalue weighted by atomic mass is 16.1. The average molecular weight is 220 g/mol. The third-order valence-corrected chi connectivity index (χ3v) is 2.14. The molecule has 84 valence electrons. The highest BCUT2D eigenvalue weighted by Gasteiger charge is 2.00. The number of rotatable bonds is 4. The van der Waals surface area contributed by atoms with E-state index in [1.165, 1.54) is 12.4 Å². The van der Waals surface area contributed by atoms with E-state index in [1.54, 1.807) is 6.33 Å². The number of aromatic nitrogens is 5. The van der Waals surface area contributed by atoms with E-state index in [-0.39, 0.29) is 5.56 Å². The molecule has 7 nitrogen and oxygen atoms in total. The summed E-state index contributed by atoms with van der Waals surface area (Å²) < 4.78 is 1.85. The van der Waals surface area contributed by atoms with E-state index in [0.29, 0.717) is 12.4 Å². The maximum Gasteiger partial charge on any atom is 0.252 e. The molecule has 0 bridgehead atoms. The minimum Gasteiger partial charge on any atom is -0.369 e. The van der Waals surface area contributed by atoms with Crippen LogP contribution in [0.1, 0.15) is 5.82 Å². The van der Waals surface area contributed by atoms with Crippen LogP contribution in [0.5, 0.6) is 0 Å². The average Bonchev–Trinajstić information content (AvgIpc) is 2.65. The molecule has 0 saturated heterocycles. The first kappa shape index (κ1) is 10.3. The number of H-pyrrole nitrogens is 1. The quantitative estimate of drug-likeness (QED) is 0.728. The predicted molar refractivity (Wildman–Crippen MR) is 58.1 cm³/mol. The Kier molecular flexibility index (Phi) is 2.95. The smallest absolute Gasteiger partial charge is 0.252 e. The number of aryl methyl sites for hydroxylation is 1. The standard InChI is InChI=1S/C9H12N6O/c1-15-6-13-14-8(15)2-3-10-7-4-9(16)12-5-11-7/h4-6H,2-3H2,1H3,(H2,10,11,12,16). The second kappa shape index (κ2) is 4.56. The maximum absolute atomic E-state index is 11.0. The van der Waals surface area contributed by atoms with Crippen molar-refractivity contribution in [3.63, 3.8) is 0 Å². The van der Waals surface area contributed by atoms with Gasteiger partial charge in [-0.1, -0.05) is 0 Å². The second-order valence-corrected chi connectivity index (χ2v) is 3.33. The number of nitrogens with zero attached hydrogens (tertiary/aromatic N) is 4. The van der Waals surface area contributed by atoms with Crippen molar-refractivity contribution in [1.82, 2.24) is 24.7 Å². The molecule has 0 aliphatic rings. The van der Waals surface area contributed by atoms with Crippen LogP contribution >= 0.6 is 0 Å². The van der Waals surface area contributed by atoms with Crippen molar-refractivity contribution in [3.8, 4) is 0 Å². The molecule has 16 heavy (non-hydrogen) atoms. The number of anilines is 1. The normalized spacial score (nSPS) is 10.3. The Morgan fingerprint density at radius 2 is 2.44 bits per heavy atom. The minimum atomic E-state index is -0.170. The van der Waals surface area contributed by atoms with Crippen molar-refractivity contribution in [2.24, 2.45) is 7.05 Å². The van der Waals surface area contributed by atoms with E-state index in [0.717, 1.165) is 12.2 Å². The number of aromatic amines is 1. The number of nitrogens with one attached hydrogen (secondary N) is 2. The van der Waals surface area contributed by atoms with Gasteiger partial charge >= 0.3 is 0 Å². The van der Waals surface area contributed by atoms with Crippen LogP contribution < -0.4 is 10.9 Å². The summed E-state index contributed by atoms with van der Waals surface area (Å²) in [4.78, 5) is 17.4. The highest BCUT2D eigenvalue weighted by molar-refractivity contribution is 5.31. The van der Waals surface area contributed by atoms with Crippen molar-refractivity contribution in [2.75, 3.05) is 11.9 Å². The Morgan fingerprint density at radius 3 is 3.12 bits per heavy atom. The molecule has 0 radical (unpaired) electrons. The molecular weight excluding hydrogens is 208 g/mol. The molecular formula is C9H12N6O. The van der Waals surface area contributed by atoms with Gasteiger partial charge in [-0.05, 0) is 0 Å². The molecule has 0 spiro atoms. The molecule has 2 N–H and O–H groups in total. The number of hydrogen-bond donors (Lipinski definition) is 2. The van der Waals surface area contributed by atoms with Crippen LogP contribution in [-0.4, -0.2) is 31.3 Å². The van der Waals surface area contributed by atoms with Gasteiger partial charge in [0.1, 0.15) is 18.0 Å². The Hall–Kier alpha value is -2.18. The van der Waals surface area contributed by atoms with E-state index in [4.69, 9.17) is 0 Å². The molecule has 0 amide bonds. The van der Waals surface area contributed by atoms with Crippen molar-refractivity contribution >= 4 is 5.82 Å². The first-order valence-electron chi connectivity index (χ1n) is 4.87. The van der Waals surface area contributed by atoms with Gasteiger partial charge in [-0.2, -0.15) is 0 Å². The summed E-state index contributed by atoms with van der Waals surface area (Å²) in [6, 6.07) is 1.41. The Labute approximate surface area is 91.6 Å². The van der Waals surface area contributed by atoms with Crippen LogP contribution in [0.15, 0.2) is 23.5 Å². The molecule has 0 fully saturated rings. The number of hydrogen-bond acceptors (Lipinski definition) is 5. The lowest BCUT2D eigenvalue weighted by molar-refractivity contribution is 0.787. The van der Waals surface area contributed by atoms with Gasteiger partial charge in [0.2, 0.25) is 0 Å². The summed E-state index contributed by atoms with van der Waals surface area (Å²) in [6.07, 6.45) is 3.75. The maximum atomic E-state index is 11.0. The minimum absolute atomic E-state index is 0.170. The van der Waals surface area contributed by atoms with Gasteiger partial charge in [0, 0.05) is 26.1 Å². The molecule has 0 aliphatic heterocycles. The molecule has 0 unspecified atom stereocenters. The van der Waals surface area contributed by atoms with Crippen molar-refractivity contribution < 1.29 is 0 Å². The topological polar surface area (TPSA) is 88.5 Å². The van der Waals surface area contributed by atoms with Gasteiger partial charge in [-0.3, -0.25) is 4.79 Å². The van der Waals surface area contributed by atoms with Gasteiger partial charge < -0.3 is 14.9 Å². The molecule has 7 heteroatoms. The van der Waals surface area contributed by atoms with Gasteiger partial charge in [0.05, 0.1) is 6.33 Å². The second-order valence-electron chi connectivity index (χ2n) is 3.33. The Balaban J connectivity index is 1.89. The van der Waals surface area contributed by atoms with E-state index in [2.05, 4.69) is 25.5 Å². The third kappa shape index (κ3) is 2.44. The molecule has 0 saturated carbocycles. The summed E-state index contributed by atoms with van der Waals surface area (Å²) in [6.45, 7) is 0.656. The molecule has 2 aromatic rings. The van der Waals surface area contributed by atoms with Crippen LogP contribution in [0, 0.1) is 0 Å². The zero-order valence-electron chi connectivity index (χ0n) is 8.84. The fraction of sp³-hybridized carbons (Fsp3) is 0.333. The molecule has 2 heterocycles. The van der Waals surface area contributed by atoms with E-state index < -0.39 is 0 Å².